The predicted octanol–water partition coefficient (Wildman–Crippen LogP) is 1.98. The Hall–Kier alpha value is -2.32. The Kier molecular flexibility index (Phi) is 3.89. The first-order valence-corrected chi connectivity index (χ1v) is 7.61. The van der Waals surface area contributed by atoms with Crippen LogP contribution >= 0.6 is 0 Å². The Labute approximate surface area is 135 Å². The number of aromatic amines is 1. The number of hydrogen-bond donors (Lipinski definition) is 1. The molecule has 2 aromatic heterocycles. The molecule has 3 heterocycles. The highest BCUT2D eigenvalue weighted by atomic mass is 19.4. The maximum atomic E-state index is 13.0. The first-order chi connectivity index (χ1) is 11.2. The van der Waals surface area contributed by atoms with Gasteiger partial charge < -0.3 is 4.90 Å². The van der Waals surface area contributed by atoms with Gasteiger partial charge in [-0.1, -0.05) is 0 Å². The average molecular weight is 342 g/mol. The monoisotopic (exact) mass is 342 g/mol. The molecule has 0 bridgehead atoms. The van der Waals surface area contributed by atoms with Gasteiger partial charge in [0.15, 0.2) is 5.65 Å². The van der Waals surface area contributed by atoms with E-state index in [1.807, 2.05) is 0 Å². The summed E-state index contributed by atoms with van der Waals surface area (Å²) in [5.41, 5.74) is 0.451. The summed E-state index contributed by atoms with van der Waals surface area (Å²) in [6.45, 7) is 1.54. The van der Waals surface area contributed by atoms with E-state index in [2.05, 4.69) is 10.1 Å². The van der Waals surface area contributed by atoms with Crippen LogP contribution in [0.5, 0.6) is 0 Å². The van der Waals surface area contributed by atoms with Crippen molar-refractivity contribution < 1.29 is 18.0 Å². The number of amides is 1. The first kappa shape index (κ1) is 16.5. The Morgan fingerprint density at radius 2 is 2.12 bits per heavy atom. The molecule has 1 aliphatic heterocycles. The molecule has 2 aromatic rings. The summed E-state index contributed by atoms with van der Waals surface area (Å²) >= 11 is 0. The number of rotatable bonds is 1. The SMILES string of the molecule is Cc1cc(C(=O)N2CCC[C@H](C(F)(F)F)C2)c2c(=O)[nH]n(C)c2n1. The van der Waals surface area contributed by atoms with Crippen LogP contribution in [0.2, 0.25) is 0 Å². The minimum absolute atomic E-state index is 0.0178. The van der Waals surface area contributed by atoms with E-state index in [0.29, 0.717) is 11.3 Å². The summed E-state index contributed by atoms with van der Waals surface area (Å²) in [6, 6.07) is 1.46. The topological polar surface area (TPSA) is 71.0 Å². The Morgan fingerprint density at radius 3 is 2.79 bits per heavy atom. The second-order valence-electron chi connectivity index (χ2n) is 6.14. The van der Waals surface area contributed by atoms with Crippen molar-refractivity contribution in [1.29, 1.82) is 0 Å². The molecule has 0 spiro atoms. The van der Waals surface area contributed by atoms with Gasteiger partial charge in [-0.05, 0) is 25.8 Å². The van der Waals surface area contributed by atoms with Crippen LogP contribution in [0.4, 0.5) is 13.2 Å². The molecule has 0 aromatic carbocycles. The van der Waals surface area contributed by atoms with E-state index in [9.17, 15) is 22.8 Å². The van der Waals surface area contributed by atoms with Crippen molar-refractivity contribution in [2.24, 2.45) is 13.0 Å². The summed E-state index contributed by atoms with van der Waals surface area (Å²) in [6.07, 6.45) is -4.02. The third kappa shape index (κ3) is 2.78. The van der Waals surface area contributed by atoms with E-state index in [1.165, 1.54) is 15.6 Å². The number of halogens is 3. The van der Waals surface area contributed by atoms with Crippen molar-refractivity contribution in [3.63, 3.8) is 0 Å². The van der Waals surface area contributed by atoms with Gasteiger partial charge in [0.1, 0.15) is 0 Å². The highest BCUT2D eigenvalue weighted by molar-refractivity contribution is 6.05. The van der Waals surface area contributed by atoms with Gasteiger partial charge in [0.25, 0.3) is 11.5 Å². The number of carbonyl (C=O) groups excluding carboxylic acids is 1. The van der Waals surface area contributed by atoms with Gasteiger partial charge in [-0.25, -0.2) is 4.98 Å². The fourth-order valence-corrected chi connectivity index (χ4v) is 3.15. The van der Waals surface area contributed by atoms with Gasteiger partial charge in [-0.2, -0.15) is 13.2 Å². The molecule has 1 atom stereocenters. The van der Waals surface area contributed by atoms with Gasteiger partial charge >= 0.3 is 6.18 Å². The number of pyridine rings is 1. The van der Waals surface area contributed by atoms with Crippen molar-refractivity contribution in [3.8, 4) is 0 Å². The minimum atomic E-state index is -4.33. The van der Waals surface area contributed by atoms with E-state index in [-0.39, 0.29) is 36.9 Å². The average Bonchev–Trinajstić information content (AvgIpc) is 2.79. The molecule has 0 unspecified atom stereocenters. The van der Waals surface area contributed by atoms with Crippen molar-refractivity contribution in [1.82, 2.24) is 19.7 Å². The van der Waals surface area contributed by atoms with Gasteiger partial charge in [0.05, 0.1) is 16.9 Å². The lowest BCUT2D eigenvalue weighted by Gasteiger charge is -2.33. The van der Waals surface area contributed by atoms with Gasteiger partial charge in [0, 0.05) is 25.8 Å². The number of aromatic nitrogens is 3. The molecule has 0 saturated carbocycles. The fraction of sp³-hybridized carbons (Fsp3) is 0.533. The Bertz CT molecular complexity index is 853. The van der Waals surface area contributed by atoms with E-state index in [0.717, 1.165) is 0 Å². The largest absolute Gasteiger partial charge is 0.393 e. The number of hydrogen-bond acceptors (Lipinski definition) is 3. The summed E-state index contributed by atoms with van der Waals surface area (Å²) in [7, 11) is 1.59. The van der Waals surface area contributed by atoms with Crippen LogP contribution in [-0.2, 0) is 7.05 Å². The van der Waals surface area contributed by atoms with E-state index < -0.39 is 23.6 Å². The van der Waals surface area contributed by atoms with Crippen LogP contribution in [0.3, 0.4) is 0 Å². The first-order valence-electron chi connectivity index (χ1n) is 7.61. The third-order valence-corrected chi connectivity index (χ3v) is 4.34. The molecule has 0 aliphatic carbocycles. The second-order valence-corrected chi connectivity index (χ2v) is 6.14. The highest BCUT2D eigenvalue weighted by Gasteiger charge is 2.43. The van der Waals surface area contributed by atoms with E-state index in [1.54, 1.807) is 14.0 Å². The number of fused-ring (bicyclic) bond motifs is 1. The molecule has 1 aliphatic rings. The molecule has 1 N–H and O–H groups in total. The van der Waals surface area contributed by atoms with Crippen molar-refractivity contribution in [2.45, 2.75) is 25.9 Å². The smallest absolute Gasteiger partial charge is 0.338 e. The summed E-state index contributed by atoms with van der Waals surface area (Å²) in [5, 5.41) is 2.63. The zero-order valence-electron chi connectivity index (χ0n) is 13.3. The van der Waals surface area contributed by atoms with Crippen LogP contribution in [0.1, 0.15) is 28.9 Å². The normalized spacial score (nSPS) is 19.0. The van der Waals surface area contributed by atoms with Crippen molar-refractivity contribution in [3.05, 3.63) is 27.7 Å². The van der Waals surface area contributed by atoms with Crippen molar-refractivity contribution >= 4 is 16.9 Å². The quantitative estimate of drug-likeness (QED) is 0.861. The molecule has 6 nitrogen and oxygen atoms in total. The number of H-pyrrole nitrogens is 1. The number of nitrogens with zero attached hydrogens (tertiary/aromatic N) is 3. The molecule has 24 heavy (non-hydrogen) atoms. The highest BCUT2D eigenvalue weighted by Crippen LogP contribution is 2.33. The van der Waals surface area contributed by atoms with Gasteiger partial charge in [0.2, 0.25) is 0 Å². The van der Waals surface area contributed by atoms with Crippen LogP contribution in [0.15, 0.2) is 10.9 Å². The van der Waals surface area contributed by atoms with Gasteiger partial charge in [-0.3, -0.25) is 19.4 Å². The van der Waals surface area contributed by atoms with Crippen molar-refractivity contribution in [2.75, 3.05) is 13.1 Å². The molecular weight excluding hydrogens is 325 g/mol. The maximum Gasteiger partial charge on any atom is 0.393 e. The second kappa shape index (κ2) is 5.64. The zero-order valence-corrected chi connectivity index (χ0v) is 13.3. The summed E-state index contributed by atoms with van der Waals surface area (Å²) in [5.74, 6) is -2.08. The molecule has 1 saturated heterocycles. The lowest BCUT2D eigenvalue weighted by Crippen LogP contribution is -2.44. The third-order valence-electron chi connectivity index (χ3n) is 4.34. The minimum Gasteiger partial charge on any atom is -0.338 e. The number of likely N-dealkylation sites (tertiary alicyclic amines) is 1. The number of alkyl halides is 3. The molecule has 3 rings (SSSR count). The predicted molar refractivity (Wildman–Crippen MR) is 80.8 cm³/mol. The number of aryl methyl sites for hydroxylation is 2. The summed E-state index contributed by atoms with van der Waals surface area (Å²) in [4.78, 5) is 30.2. The van der Waals surface area contributed by atoms with Crippen LogP contribution < -0.4 is 5.56 Å². The molecule has 0 radical (unpaired) electrons. The molecule has 1 fully saturated rings. The lowest BCUT2D eigenvalue weighted by molar-refractivity contribution is -0.184. The van der Waals surface area contributed by atoms with Crippen LogP contribution in [0, 0.1) is 12.8 Å². The van der Waals surface area contributed by atoms with E-state index in [4.69, 9.17) is 0 Å². The standard InChI is InChI=1S/C15H17F3N4O2/c1-8-6-10(11-12(19-8)21(2)20-13(11)23)14(24)22-5-3-4-9(7-22)15(16,17)18/h6,9H,3-5,7H2,1-2H3,(H,20,23)/t9-/m0/s1. The lowest BCUT2D eigenvalue weighted by atomic mass is 9.96. The van der Waals surface area contributed by atoms with E-state index >= 15 is 0 Å². The Morgan fingerprint density at radius 1 is 1.42 bits per heavy atom. The zero-order chi connectivity index (χ0) is 17.6. The van der Waals surface area contributed by atoms with Crippen LogP contribution in [0.25, 0.3) is 11.0 Å². The number of nitrogens with one attached hydrogen (secondary N) is 1. The van der Waals surface area contributed by atoms with Gasteiger partial charge in [-0.15, -0.1) is 0 Å². The number of carbonyl (C=O) groups is 1. The molecule has 9 heteroatoms. The molecular formula is C15H17F3N4O2. The van der Waals surface area contributed by atoms with Crippen LogP contribution in [-0.4, -0.2) is 44.8 Å². The molecule has 130 valence electrons. The maximum absolute atomic E-state index is 13.0. The Balaban J connectivity index is 2.01. The fourth-order valence-electron chi connectivity index (χ4n) is 3.15. The summed E-state index contributed by atoms with van der Waals surface area (Å²) < 4.78 is 40.3. The number of piperidine rings is 1. The molecule has 1 amide bonds.